The first-order chi connectivity index (χ1) is 10.1. The number of amides is 3. The van der Waals surface area contributed by atoms with Gasteiger partial charge in [-0.25, -0.2) is 15.2 Å². The lowest BCUT2D eigenvalue weighted by Crippen LogP contribution is -2.46. The topological polar surface area (TPSA) is 61.4 Å². The van der Waals surface area contributed by atoms with Gasteiger partial charge in [0.25, 0.3) is 0 Å². The van der Waals surface area contributed by atoms with E-state index in [0.717, 1.165) is 16.8 Å². The number of benzene rings is 2. The number of carbonyl (C=O) groups excluding carboxylic acids is 2. The zero-order chi connectivity index (χ0) is 14.8. The maximum absolute atomic E-state index is 12.0. The van der Waals surface area contributed by atoms with Gasteiger partial charge in [0.2, 0.25) is 5.91 Å². The highest BCUT2D eigenvalue weighted by molar-refractivity contribution is 6.04. The molecule has 1 heterocycles. The first-order valence-corrected chi connectivity index (χ1v) is 6.68. The van der Waals surface area contributed by atoms with Gasteiger partial charge in [0.05, 0.1) is 12.1 Å². The first-order valence-electron chi connectivity index (χ1n) is 6.68. The molecule has 0 aliphatic carbocycles. The Morgan fingerprint density at radius 3 is 2.57 bits per heavy atom. The van der Waals surface area contributed by atoms with E-state index in [0.29, 0.717) is 12.1 Å². The van der Waals surface area contributed by atoms with Gasteiger partial charge in [-0.3, -0.25) is 4.79 Å². The van der Waals surface area contributed by atoms with Gasteiger partial charge in [-0.15, -0.1) is 0 Å². The van der Waals surface area contributed by atoms with Crippen molar-refractivity contribution in [3.8, 4) is 0 Å². The van der Waals surface area contributed by atoms with Crippen molar-refractivity contribution in [2.24, 2.45) is 0 Å². The molecule has 106 valence electrons. The van der Waals surface area contributed by atoms with Crippen molar-refractivity contribution in [1.82, 2.24) is 5.43 Å². The van der Waals surface area contributed by atoms with Gasteiger partial charge in [0.15, 0.2) is 0 Å². The number of fused-ring (bicyclic) bond motifs is 1. The van der Waals surface area contributed by atoms with E-state index < -0.39 is 6.03 Å². The standard InChI is InChI=1S/C16H15N3O2/c1-11-6-8-13(9-7-11)17-16(21)18-19-14-5-3-2-4-12(14)10-15(19)20/h2-9H,10H2,1H3,(H2,17,18,21). The maximum Gasteiger partial charge on any atom is 0.338 e. The molecule has 0 radical (unpaired) electrons. The summed E-state index contributed by atoms with van der Waals surface area (Å²) in [6, 6.07) is 14.4. The molecule has 0 spiro atoms. The quantitative estimate of drug-likeness (QED) is 0.889. The molecule has 0 unspecified atom stereocenters. The fourth-order valence-corrected chi connectivity index (χ4v) is 2.27. The number of urea groups is 1. The highest BCUT2D eigenvalue weighted by atomic mass is 16.2. The van der Waals surface area contributed by atoms with Gasteiger partial charge in [-0.1, -0.05) is 35.9 Å². The number of para-hydroxylation sites is 1. The average molecular weight is 281 g/mol. The molecule has 21 heavy (non-hydrogen) atoms. The van der Waals surface area contributed by atoms with Crippen LogP contribution in [-0.2, 0) is 11.2 Å². The lowest BCUT2D eigenvalue weighted by atomic mass is 10.2. The Labute approximate surface area is 122 Å². The van der Waals surface area contributed by atoms with E-state index in [1.165, 1.54) is 5.01 Å². The summed E-state index contributed by atoms with van der Waals surface area (Å²) < 4.78 is 0. The summed E-state index contributed by atoms with van der Waals surface area (Å²) in [5.74, 6) is -0.143. The molecular weight excluding hydrogens is 266 g/mol. The minimum atomic E-state index is -0.441. The highest BCUT2D eigenvalue weighted by Crippen LogP contribution is 2.26. The Kier molecular flexibility index (Phi) is 3.31. The van der Waals surface area contributed by atoms with Crippen LogP contribution in [0.5, 0.6) is 0 Å². The first kappa shape index (κ1) is 13.2. The maximum atomic E-state index is 12.0. The predicted octanol–water partition coefficient (Wildman–Crippen LogP) is 2.62. The van der Waals surface area contributed by atoms with Gasteiger partial charge >= 0.3 is 6.03 Å². The van der Waals surface area contributed by atoms with Crippen LogP contribution in [0.2, 0.25) is 0 Å². The number of anilines is 2. The van der Waals surface area contributed by atoms with Crippen LogP contribution in [-0.4, -0.2) is 11.9 Å². The highest BCUT2D eigenvalue weighted by Gasteiger charge is 2.28. The van der Waals surface area contributed by atoms with E-state index in [1.807, 2.05) is 55.5 Å². The molecule has 3 rings (SSSR count). The molecule has 2 aromatic carbocycles. The number of hydrogen-bond acceptors (Lipinski definition) is 2. The molecule has 0 fully saturated rings. The van der Waals surface area contributed by atoms with Crippen LogP contribution < -0.4 is 15.8 Å². The Hall–Kier alpha value is -2.82. The van der Waals surface area contributed by atoms with Crippen LogP contribution >= 0.6 is 0 Å². The minimum Gasteiger partial charge on any atom is -0.307 e. The third-order valence-electron chi connectivity index (χ3n) is 3.35. The summed E-state index contributed by atoms with van der Waals surface area (Å²) in [5.41, 5.74) is 6.01. The molecule has 1 aliphatic rings. The molecule has 2 aromatic rings. The Morgan fingerprint density at radius 1 is 1.10 bits per heavy atom. The second-order valence-corrected chi connectivity index (χ2v) is 4.97. The van der Waals surface area contributed by atoms with Crippen LogP contribution in [0.25, 0.3) is 0 Å². The molecule has 5 nitrogen and oxygen atoms in total. The van der Waals surface area contributed by atoms with E-state index in [2.05, 4.69) is 10.7 Å². The van der Waals surface area contributed by atoms with Gasteiger partial charge in [0, 0.05) is 5.69 Å². The smallest absolute Gasteiger partial charge is 0.307 e. The third-order valence-corrected chi connectivity index (χ3v) is 3.35. The Bertz CT molecular complexity index is 695. The summed E-state index contributed by atoms with van der Waals surface area (Å²) in [6.45, 7) is 1.98. The normalized spacial score (nSPS) is 13.0. The zero-order valence-electron chi connectivity index (χ0n) is 11.6. The molecule has 0 saturated heterocycles. The van der Waals surface area contributed by atoms with Crippen molar-refractivity contribution >= 4 is 23.3 Å². The summed E-state index contributed by atoms with van der Waals surface area (Å²) in [7, 11) is 0. The van der Waals surface area contributed by atoms with Crippen LogP contribution in [0.15, 0.2) is 48.5 Å². The number of hydrogen-bond donors (Lipinski definition) is 2. The van der Waals surface area contributed by atoms with Crippen molar-refractivity contribution in [2.45, 2.75) is 13.3 Å². The van der Waals surface area contributed by atoms with Gasteiger partial charge < -0.3 is 5.32 Å². The lowest BCUT2D eigenvalue weighted by Gasteiger charge is -2.18. The molecule has 1 aliphatic heterocycles. The van der Waals surface area contributed by atoms with Crippen molar-refractivity contribution in [2.75, 3.05) is 10.3 Å². The van der Waals surface area contributed by atoms with Gasteiger partial charge in [-0.05, 0) is 30.7 Å². The molecular formula is C16H15N3O2. The lowest BCUT2D eigenvalue weighted by molar-refractivity contribution is -0.117. The van der Waals surface area contributed by atoms with E-state index in [4.69, 9.17) is 0 Å². The summed E-state index contributed by atoms with van der Waals surface area (Å²) in [5, 5.41) is 3.99. The SMILES string of the molecule is Cc1ccc(NC(=O)NN2C(=O)Cc3ccccc32)cc1. The fourth-order valence-electron chi connectivity index (χ4n) is 2.27. The minimum absolute atomic E-state index is 0.143. The summed E-state index contributed by atoms with van der Waals surface area (Å²) in [4.78, 5) is 23.9. The second-order valence-electron chi connectivity index (χ2n) is 4.97. The number of nitrogens with zero attached hydrogens (tertiary/aromatic N) is 1. The van der Waals surface area contributed by atoms with Crippen LogP contribution in [0.4, 0.5) is 16.2 Å². The number of nitrogens with one attached hydrogen (secondary N) is 2. The largest absolute Gasteiger partial charge is 0.338 e. The Morgan fingerprint density at radius 2 is 1.81 bits per heavy atom. The van der Waals surface area contributed by atoms with Gasteiger partial charge in [-0.2, -0.15) is 0 Å². The van der Waals surface area contributed by atoms with E-state index >= 15 is 0 Å². The average Bonchev–Trinajstić information content (AvgIpc) is 2.78. The Balaban J connectivity index is 1.70. The van der Waals surface area contributed by atoms with Crippen molar-refractivity contribution < 1.29 is 9.59 Å². The van der Waals surface area contributed by atoms with Crippen molar-refractivity contribution in [3.63, 3.8) is 0 Å². The van der Waals surface area contributed by atoms with Crippen LogP contribution in [0.3, 0.4) is 0 Å². The molecule has 2 N–H and O–H groups in total. The zero-order valence-corrected chi connectivity index (χ0v) is 11.6. The number of aryl methyl sites for hydroxylation is 1. The summed E-state index contributed by atoms with van der Waals surface area (Å²) in [6.07, 6.45) is 0.307. The second kappa shape index (κ2) is 5.28. The molecule has 0 aromatic heterocycles. The molecule has 0 bridgehead atoms. The number of carbonyl (C=O) groups is 2. The van der Waals surface area contributed by atoms with Crippen LogP contribution in [0.1, 0.15) is 11.1 Å². The predicted molar refractivity (Wildman–Crippen MR) is 81.0 cm³/mol. The third kappa shape index (κ3) is 2.72. The molecule has 3 amide bonds. The van der Waals surface area contributed by atoms with Crippen molar-refractivity contribution in [1.29, 1.82) is 0 Å². The number of hydrazine groups is 1. The molecule has 5 heteroatoms. The summed E-state index contributed by atoms with van der Waals surface area (Å²) >= 11 is 0. The van der Waals surface area contributed by atoms with E-state index in [1.54, 1.807) is 0 Å². The van der Waals surface area contributed by atoms with Crippen LogP contribution in [0, 0.1) is 6.92 Å². The van der Waals surface area contributed by atoms with E-state index in [-0.39, 0.29) is 5.91 Å². The van der Waals surface area contributed by atoms with E-state index in [9.17, 15) is 9.59 Å². The van der Waals surface area contributed by atoms with Crippen molar-refractivity contribution in [3.05, 3.63) is 59.7 Å². The monoisotopic (exact) mass is 281 g/mol. The van der Waals surface area contributed by atoms with Gasteiger partial charge in [0.1, 0.15) is 0 Å². The fraction of sp³-hybridized carbons (Fsp3) is 0.125. The molecule has 0 saturated carbocycles. The number of rotatable bonds is 2. The molecule has 0 atom stereocenters.